The third-order valence-electron chi connectivity index (χ3n) is 4.59. The van der Waals surface area contributed by atoms with Gasteiger partial charge in [0, 0.05) is 0 Å². The maximum absolute atomic E-state index is 12.6. The number of carbonyl (C=O) groups excluding carboxylic acids is 2. The second-order valence-corrected chi connectivity index (χ2v) is 6.07. The van der Waals surface area contributed by atoms with E-state index in [0.717, 1.165) is 25.0 Å². The minimum Gasteiger partial charge on any atom is -0.494 e. The van der Waals surface area contributed by atoms with Gasteiger partial charge in [-0.1, -0.05) is 6.92 Å². The second-order valence-electron chi connectivity index (χ2n) is 6.07. The largest absolute Gasteiger partial charge is 0.494 e. The first-order valence-electron chi connectivity index (χ1n) is 7.72. The van der Waals surface area contributed by atoms with Crippen LogP contribution in [0.1, 0.15) is 33.1 Å². The second kappa shape index (κ2) is 5.51. The molecular formula is C17H21NO3. The molecule has 0 unspecified atom stereocenters. The summed E-state index contributed by atoms with van der Waals surface area (Å²) in [6, 6.07) is 7.21. The van der Waals surface area contributed by atoms with Crippen LogP contribution in [0, 0.1) is 17.8 Å². The van der Waals surface area contributed by atoms with Crippen LogP contribution in [0.4, 0.5) is 5.69 Å². The summed E-state index contributed by atoms with van der Waals surface area (Å²) in [4.78, 5) is 26.5. The van der Waals surface area contributed by atoms with E-state index in [2.05, 4.69) is 6.92 Å². The van der Waals surface area contributed by atoms with Gasteiger partial charge in [0.15, 0.2) is 0 Å². The Kier molecular flexibility index (Phi) is 3.70. The number of hydrogen-bond donors (Lipinski definition) is 0. The van der Waals surface area contributed by atoms with E-state index in [9.17, 15) is 9.59 Å². The lowest BCUT2D eigenvalue weighted by Crippen LogP contribution is -2.30. The van der Waals surface area contributed by atoms with Crippen LogP contribution in [-0.4, -0.2) is 18.4 Å². The van der Waals surface area contributed by atoms with Crippen molar-refractivity contribution in [2.75, 3.05) is 11.5 Å². The number of carbonyl (C=O) groups is 2. The summed E-state index contributed by atoms with van der Waals surface area (Å²) in [5, 5.41) is 0. The first-order chi connectivity index (χ1) is 10.1. The van der Waals surface area contributed by atoms with Gasteiger partial charge in [0.05, 0.1) is 24.1 Å². The number of hydrogen-bond acceptors (Lipinski definition) is 3. The first kappa shape index (κ1) is 14.1. The van der Waals surface area contributed by atoms with E-state index < -0.39 is 0 Å². The van der Waals surface area contributed by atoms with E-state index in [0.29, 0.717) is 18.2 Å². The molecule has 2 fully saturated rings. The zero-order chi connectivity index (χ0) is 15.0. The summed E-state index contributed by atoms with van der Waals surface area (Å²) in [7, 11) is 0. The molecule has 3 atom stereocenters. The minimum absolute atomic E-state index is 0.0268. The molecule has 0 aromatic heterocycles. The highest BCUT2D eigenvalue weighted by molar-refractivity contribution is 6.22. The van der Waals surface area contributed by atoms with Crippen molar-refractivity contribution in [3.8, 4) is 5.75 Å². The summed E-state index contributed by atoms with van der Waals surface area (Å²) >= 11 is 0. The molecule has 1 aliphatic heterocycles. The summed E-state index contributed by atoms with van der Waals surface area (Å²) in [6.45, 7) is 4.68. The van der Waals surface area contributed by atoms with E-state index in [1.54, 1.807) is 12.1 Å². The average molecular weight is 287 g/mol. The van der Waals surface area contributed by atoms with Gasteiger partial charge in [-0.25, -0.2) is 0 Å². The third kappa shape index (κ3) is 2.43. The molecule has 112 valence electrons. The lowest BCUT2D eigenvalue weighted by atomic mass is 9.76. The maximum atomic E-state index is 12.6. The highest BCUT2D eigenvalue weighted by Gasteiger charge is 2.49. The molecule has 21 heavy (non-hydrogen) atoms. The fraction of sp³-hybridized carbons (Fsp3) is 0.529. The molecule has 4 heteroatoms. The highest BCUT2D eigenvalue weighted by Crippen LogP contribution is 2.42. The van der Waals surface area contributed by atoms with Gasteiger partial charge in [-0.15, -0.1) is 0 Å². The molecule has 1 heterocycles. The fourth-order valence-electron chi connectivity index (χ4n) is 3.50. The number of imide groups is 1. The Balaban J connectivity index is 1.85. The van der Waals surface area contributed by atoms with Crippen LogP contribution in [0.25, 0.3) is 0 Å². The number of ether oxygens (including phenoxy) is 1. The highest BCUT2D eigenvalue weighted by atomic mass is 16.5. The molecule has 0 spiro atoms. The Hall–Kier alpha value is -1.84. The van der Waals surface area contributed by atoms with Crippen molar-refractivity contribution in [2.45, 2.75) is 33.1 Å². The van der Waals surface area contributed by atoms with Crippen LogP contribution in [0.15, 0.2) is 24.3 Å². The fourth-order valence-corrected chi connectivity index (χ4v) is 3.50. The van der Waals surface area contributed by atoms with Crippen molar-refractivity contribution in [1.82, 2.24) is 0 Å². The normalized spacial score (nSPS) is 28.7. The zero-order valence-electron chi connectivity index (χ0n) is 12.5. The van der Waals surface area contributed by atoms with Gasteiger partial charge in [-0.3, -0.25) is 14.5 Å². The van der Waals surface area contributed by atoms with Crippen molar-refractivity contribution in [3.05, 3.63) is 24.3 Å². The molecule has 0 bridgehead atoms. The van der Waals surface area contributed by atoms with Crippen LogP contribution < -0.4 is 9.64 Å². The van der Waals surface area contributed by atoms with Crippen molar-refractivity contribution >= 4 is 17.5 Å². The molecule has 0 radical (unpaired) electrons. The monoisotopic (exact) mass is 287 g/mol. The minimum atomic E-state index is -0.118. The van der Waals surface area contributed by atoms with Gasteiger partial charge in [0.25, 0.3) is 0 Å². The SMILES string of the molecule is CCOc1ccc(N2C(=O)[C@H]3C[C@H](C)CC[C@H]3C2=O)cc1. The number of amides is 2. The lowest BCUT2D eigenvalue weighted by Gasteiger charge is -2.25. The Morgan fingerprint density at radius 3 is 2.43 bits per heavy atom. The van der Waals surface area contributed by atoms with Crippen molar-refractivity contribution in [1.29, 1.82) is 0 Å². The Labute approximate surface area is 125 Å². The smallest absolute Gasteiger partial charge is 0.237 e. The quantitative estimate of drug-likeness (QED) is 0.803. The predicted octanol–water partition coefficient (Wildman–Crippen LogP) is 3.01. The van der Waals surface area contributed by atoms with Gasteiger partial charge in [0.1, 0.15) is 5.75 Å². The van der Waals surface area contributed by atoms with Crippen LogP contribution in [0.2, 0.25) is 0 Å². The maximum Gasteiger partial charge on any atom is 0.237 e. The molecule has 4 nitrogen and oxygen atoms in total. The Morgan fingerprint density at radius 2 is 1.76 bits per heavy atom. The van der Waals surface area contributed by atoms with Crippen LogP contribution in [-0.2, 0) is 9.59 Å². The van der Waals surface area contributed by atoms with E-state index in [1.165, 1.54) is 4.90 Å². The molecule has 0 N–H and O–H groups in total. The average Bonchev–Trinajstić information content (AvgIpc) is 2.72. The van der Waals surface area contributed by atoms with Crippen LogP contribution in [0.3, 0.4) is 0 Å². The summed E-state index contributed by atoms with van der Waals surface area (Å²) in [5.74, 6) is 1.00. The van der Waals surface area contributed by atoms with Gasteiger partial charge < -0.3 is 4.74 Å². The van der Waals surface area contributed by atoms with Gasteiger partial charge in [-0.2, -0.15) is 0 Å². The van der Waals surface area contributed by atoms with E-state index in [4.69, 9.17) is 4.74 Å². The molecular weight excluding hydrogens is 266 g/mol. The Morgan fingerprint density at radius 1 is 1.10 bits per heavy atom. The van der Waals surface area contributed by atoms with Crippen LogP contribution in [0.5, 0.6) is 5.75 Å². The van der Waals surface area contributed by atoms with E-state index in [1.807, 2.05) is 19.1 Å². The topological polar surface area (TPSA) is 46.6 Å². The molecule has 1 aromatic rings. The number of nitrogens with zero attached hydrogens (tertiary/aromatic N) is 1. The van der Waals surface area contributed by atoms with Crippen LogP contribution >= 0.6 is 0 Å². The number of anilines is 1. The molecule has 1 aliphatic carbocycles. The molecule has 1 saturated heterocycles. The zero-order valence-corrected chi connectivity index (χ0v) is 12.5. The molecule has 1 saturated carbocycles. The summed E-state index contributed by atoms with van der Waals surface area (Å²) < 4.78 is 5.40. The van der Waals surface area contributed by atoms with Gasteiger partial charge >= 0.3 is 0 Å². The molecule has 2 amide bonds. The first-order valence-corrected chi connectivity index (χ1v) is 7.72. The number of rotatable bonds is 3. The Bertz CT molecular complexity index is 552. The van der Waals surface area contributed by atoms with Gasteiger partial charge in [-0.05, 0) is 56.4 Å². The molecule has 2 aliphatic rings. The number of benzene rings is 1. The number of fused-ring (bicyclic) bond motifs is 1. The summed E-state index contributed by atoms with van der Waals surface area (Å²) in [5.41, 5.74) is 0.663. The lowest BCUT2D eigenvalue weighted by molar-refractivity contribution is -0.122. The third-order valence-corrected chi connectivity index (χ3v) is 4.59. The van der Waals surface area contributed by atoms with Crippen molar-refractivity contribution in [2.24, 2.45) is 17.8 Å². The summed E-state index contributed by atoms with van der Waals surface area (Å²) in [6.07, 6.45) is 2.71. The molecule has 3 rings (SSSR count). The van der Waals surface area contributed by atoms with Crippen molar-refractivity contribution in [3.63, 3.8) is 0 Å². The predicted molar refractivity (Wildman–Crippen MR) is 80.1 cm³/mol. The van der Waals surface area contributed by atoms with E-state index in [-0.39, 0.29) is 23.7 Å². The van der Waals surface area contributed by atoms with Crippen molar-refractivity contribution < 1.29 is 14.3 Å². The van der Waals surface area contributed by atoms with E-state index >= 15 is 0 Å². The molecule has 1 aromatic carbocycles. The van der Waals surface area contributed by atoms with Gasteiger partial charge in [0.2, 0.25) is 11.8 Å². The standard InChI is InChI=1S/C17H21NO3/c1-3-21-13-7-5-12(6-8-13)18-16(19)14-9-4-11(2)10-15(14)17(18)20/h5-8,11,14-15H,3-4,9-10H2,1-2H3/t11-,14-,15+/m1/s1.